The van der Waals surface area contributed by atoms with Crippen molar-refractivity contribution in [2.75, 3.05) is 6.61 Å². The molecule has 7 nitrogen and oxygen atoms in total. The van der Waals surface area contributed by atoms with E-state index in [2.05, 4.69) is 0 Å². The van der Waals surface area contributed by atoms with E-state index in [4.69, 9.17) is 9.57 Å². The number of non-ortho nitro benzene ring substituents is 1. The van der Waals surface area contributed by atoms with Gasteiger partial charge in [-0.1, -0.05) is 12.1 Å². The van der Waals surface area contributed by atoms with Gasteiger partial charge in [-0.25, -0.2) is 4.79 Å². The van der Waals surface area contributed by atoms with Crippen molar-refractivity contribution in [3.63, 3.8) is 0 Å². The first-order valence-corrected chi connectivity index (χ1v) is 6.67. The van der Waals surface area contributed by atoms with E-state index in [1.807, 2.05) is 0 Å². The molecule has 0 spiro atoms. The molecule has 7 heteroatoms. The highest BCUT2D eigenvalue weighted by atomic mass is 16.7. The zero-order chi connectivity index (χ0) is 15.6. The van der Waals surface area contributed by atoms with Gasteiger partial charge in [0.2, 0.25) is 0 Å². The number of hydrogen-bond acceptors (Lipinski definition) is 5. The van der Waals surface area contributed by atoms with E-state index in [-0.39, 0.29) is 11.7 Å². The molecule has 1 fully saturated rings. The highest BCUT2D eigenvalue weighted by Crippen LogP contribution is 2.32. The highest BCUT2D eigenvalue weighted by molar-refractivity contribution is 5.67. The molecule has 2 rings (SSSR count). The molecule has 1 aromatic rings. The number of nitro groups is 1. The Hall–Kier alpha value is -2.15. The number of ether oxygens (including phenoxy) is 1. The normalized spacial score (nSPS) is 18.6. The Kier molecular flexibility index (Phi) is 4.13. The molecule has 0 N–H and O–H groups in total. The largest absolute Gasteiger partial charge is 0.442 e. The molecule has 1 unspecified atom stereocenters. The number of nitro benzene ring substituents is 1. The molecule has 1 amide bonds. The van der Waals surface area contributed by atoms with E-state index >= 15 is 0 Å². The summed E-state index contributed by atoms with van der Waals surface area (Å²) in [5.74, 6) is 0. The van der Waals surface area contributed by atoms with Crippen molar-refractivity contribution in [1.29, 1.82) is 0 Å². The Labute approximate surface area is 122 Å². The fourth-order valence-electron chi connectivity index (χ4n) is 2.08. The maximum Gasteiger partial charge on any atom is 0.435 e. The summed E-state index contributed by atoms with van der Waals surface area (Å²) >= 11 is 0. The molecule has 114 valence electrons. The minimum atomic E-state index is -0.608. The van der Waals surface area contributed by atoms with Gasteiger partial charge in [0, 0.05) is 18.6 Å². The van der Waals surface area contributed by atoms with Crippen LogP contribution in [-0.4, -0.2) is 28.3 Å². The first kappa shape index (κ1) is 15.2. The fourth-order valence-corrected chi connectivity index (χ4v) is 2.08. The minimum Gasteiger partial charge on any atom is -0.442 e. The molecular formula is C14H18N2O5. The molecule has 1 aromatic carbocycles. The molecule has 1 saturated heterocycles. The Bertz CT molecular complexity index is 535. The molecule has 1 aliphatic heterocycles. The van der Waals surface area contributed by atoms with Crippen LogP contribution in [0.4, 0.5) is 10.5 Å². The van der Waals surface area contributed by atoms with E-state index in [9.17, 15) is 14.9 Å². The van der Waals surface area contributed by atoms with E-state index in [0.717, 1.165) is 5.56 Å². The minimum absolute atomic E-state index is 0.0153. The van der Waals surface area contributed by atoms with Crippen LogP contribution < -0.4 is 0 Å². The van der Waals surface area contributed by atoms with Crippen LogP contribution in [0.5, 0.6) is 0 Å². The molecule has 0 bridgehead atoms. The van der Waals surface area contributed by atoms with Gasteiger partial charge in [0.15, 0.2) is 0 Å². The Morgan fingerprint density at radius 2 is 2.00 bits per heavy atom. The molecule has 1 atom stereocenters. The van der Waals surface area contributed by atoms with Crippen LogP contribution >= 0.6 is 0 Å². The lowest BCUT2D eigenvalue weighted by atomic mass is 10.0. The molecule has 0 aromatic heterocycles. The summed E-state index contributed by atoms with van der Waals surface area (Å²) in [4.78, 5) is 27.6. The van der Waals surface area contributed by atoms with Crippen LogP contribution in [0, 0.1) is 10.1 Å². The van der Waals surface area contributed by atoms with Crippen molar-refractivity contribution in [2.45, 2.75) is 38.8 Å². The van der Waals surface area contributed by atoms with E-state index in [1.54, 1.807) is 32.9 Å². The molecule has 1 aliphatic rings. The zero-order valence-corrected chi connectivity index (χ0v) is 12.2. The van der Waals surface area contributed by atoms with Gasteiger partial charge < -0.3 is 4.74 Å². The number of hydroxylamine groups is 2. The second-order valence-corrected chi connectivity index (χ2v) is 5.79. The van der Waals surface area contributed by atoms with Crippen LogP contribution in [0.3, 0.4) is 0 Å². The van der Waals surface area contributed by atoms with Crippen molar-refractivity contribution in [2.24, 2.45) is 0 Å². The molecule has 0 saturated carbocycles. The van der Waals surface area contributed by atoms with Gasteiger partial charge in [0.05, 0.1) is 17.6 Å². The fraction of sp³-hybridized carbons (Fsp3) is 0.500. The number of hydrogen-bond donors (Lipinski definition) is 0. The Morgan fingerprint density at radius 3 is 2.52 bits per heavy atom. The summed E-state index contributed by atoms with van der Waals surface area (Å²) in [7, 11) is 0. The van der Waals surface area contributed by atoms with E-state index in [1.165, 1.54) is 17.2 Å². The summed E-state index contributed by atoms with van der Waals surface area (Å²) in [6.07, 6.45) is 0.0696. The Morgan fingerprint density at radius 1 is 1.38 bits per heavy atom. The second-order valence-electron chi connectivity index (χ2n) is 5.79. The predicted molar refractivity (Wildman–Crippen MR) is 74.5 cm³/mol. The number of carbonyl (C=O) groups excluding carboxylic acids is 1. The lowest BCUT2D eigenvalue weighted by molar-refractivity contribution is -0.384. The summed E-state index contributed by atoms with van der Waals surface area (Å²) in [5, 5.41) is 11.9. The number of amides is 1. The number of carbonyl (C=O) groups is 1. The van der Waals surface area contributed by atoms with Gasteiger partial charge in [-0.15, -0.1) is 0 Å². The van der Waals surface area contributed by atoms with Crippen LogP contribution in [0.25, 0.3) is 0 Å². The van der Waals surface area contributed by atoms with E-state index < -0.39 is 16.6 Å². The van der Waals surface area contributed by atoms with Crippen molar-refractivity contribution < 1.29 is 19.3 Å². The molecule has 0 aliphatic carbocycles. The van der Waals surface area contributed by atoms with Crippen LogP contribution in [0.1, 0.15) is 38.8 Å². The topological polar surface area (TPSA) is 81.9 Å². The van der Waals surface area contributed by atoms with Crippen LogP contribution in [0.2, 0.25) is 0 Å². The smallest absolute Gasteiger partial charge is 0.435 e. The molecule has 1 heterocycles. The number of rotatable bonds is 2. The third-order valence-electron chi connectivity index (χ3n) is 2.97. The van der Waals surface area contributed by atoms with Crippen molar-refractivity contribution in [1.82, 2.24) is 5.06 Å². The van der Waals surface area contributed by atoms with E-state index in [0.29, 0.717) is 13.0 Å². The van der Waals surface area contributed by atoms with Gasteiger partial charge in [-0.3, -0.25) is 15.0 Å². The van der Waals surface area contributed by atoms with Gasteiger partial charge in [0.1, 0.15) is 5.60 Å². The van der Waals surface area contributed by atoms with Crippen molar-refractivity contribution in [3.05, 3.63) is 39.9 Å². The summed E-state index contributed by atoms with van der Waals surface area (Å²) in [6.45, 7) is 5.74. The first-order valence-electron chi connectivity index (χ1n) is 6.67. The summed E-state index contributed by atoms with van der Waals surface area (Å²) in [6, 6.07) is 5.81. The quantitative estimate of drug-likeness (QED) is 0.618. The summed E-state index contributed by atoms with van der Waals surface area (Å²) in [5.41, 5.74) is 0.189. The Balaban J connectivity index is 2.14. The molecular weight excluding hydrogens is 276 g/mol. The van der Waals surface area contributed by atoms with Gasteiger partial charge in [-0.2, -0.15) is 5.06 Å². The highest BCUT2D eigenvalue weighted by Gasteiger charge is 2.35. The maximum atomic E-state index is 12.1. The maximum absolute atomic E-state index is 12.1. The third kappa shape index (κ3) is 3.69. The lowest BCUT2D eigenvalue weighted by Gasteiger charge is -2.27. The van der Waals surface area contributed by atoms with Gasteiger partial charge in [-0.05, 0) is 26.3 Å². The number of nitrogens with zero attached hydrogens (tertiary/aromatic N) is 2. The lowest BCUT2D eigenvalue weighted by Crippen LogP contribution is -2.35. The second kappa shape index (κ2) is 5.69. The molecule has 0 radical (unpaired) electrons. The predicted octanol–water partition coefficient (Wildman–Crippen LogP) is 3.21. The van der Waals surface area contributed by atoms with Gasteiger partial charge >= 0.3 is 6.09 Å². The van der Waals surface area contributed by atoms with Crippen molar-refractivity contribution >= 4 is 11.8 Å². The molecule has 21 heavy (non-hydrogen) atoms. The SMILES string of the molecule is CC(C)(C)OC(=O)N1OCCC1c1ccc([N+](=O)[O-])cc1. The van der Waals surface area contributed by atoms with Crippen molar-refractivity contribution in [3.8, 4) is 0 Å². The number of benzene rings is 1. The van der Waals surface area contributed by atoms with Crippen LogP contribution in [-0.2, 0) is 9.57 Å². The first-order chi connectivity index (χ1) is 9.78. The average molecular weight is 294 g/mol. The standard InChI is InChI=1S/C14H18N2O5/c1-14(2,3)21-13(17)15-12(8-9-20-15)10-4-6-11(7-5-10)16(18)19/h4-7,12H,8-9H2,1-3H3. The monoisotopic (exact) mass is 294 g/mol. The van der Waals surface area contributed by atoms with Gasteiger partial charge in [0.25, 0.3) is 5.69 Å². The van der Waals surface area contributed by atoms with Crippen LogP contribution in [0.15, 0.2) is 24.3 Å². The third-order valence-corrected chi connectivity index (χ3v) is 2.97. The zero-order valence-electron chi connectivity index (χ0n) is 12.2. The summed E-state index contributed by atoms with van der Waals surface area (Å²) < 4.78 is 5.29. The average Bonchev–Trinajstić information content (AvgIpc) is 2.86.